The molecule has 2 aromatic rings. The van der Waals surface area contributed by atoms with E-state index in [9.17, 15) is 0 Å². The molecule has 0 N–H and O–H groups in total. The largest absolute Gasteiger partial charge is 0.324 e. The second kappa shape index (κ2) is 6.82. The number of anilines is 1. The predicted molar refractivity (Wildman–Crippen MR) is 86.8 cm³/mol. The number of hydrogen-bond acceptors (Lipinski definition) is 5. The Kier molecular flexibility index (Phi) is 4.62. The fourth-order valence-electron chi connectivity index (χ4n) is 2.47. The lowest BCUT2D eigenvalue weighted by Crippen LogP contribution is -2.46. The fraction of sp³-hybridized carbons (Fsp3) is 0.375. The molecule has 114 valence electrons. The van der Waals surface area contributed by atoms with E-state index in [0.717, 1.165) is 44.7 Å². The van der Waals surface area contributed by atoms with Crippen molar-refractivity contribution < 1.29 is 4.52 Å². The Labute approximate surface area is 134 Å². The van der Waals surface area contributed by atoms with Gasteiger partial charge in [0.1, 0.15) is 0 Å². The predicted octanol–water partition coefficient (Wildman–Crippen LogP) is 2.54. The van der Waals surface area contributed by atoms with Crippen LogP contribution >= 0.6 is 11.6 Å². The van der Waals surface area contributed by atoms with Crippen molar-refractivity contribution in [3.8, 4) is 23.7 Å². The highest BCUT2D eigenvalue weighted by Gasteiger charge is 2.21. The molecule has 0 unspecified atom stereocenters. The molecule has 1 aromatic heterocycles. The Morgan fingerprint density at radius 2 is 2.09 bits per heavy atom. The summed E-state index contributed by atoms with van der Waals surface area (Å²) in [6, 6.07) is 8.00. The monoisotopic (exact) mass is 316 g/mol. The van der Waals surface area contributed by atoms with Crippen LogP contribution in [-0.4, -0.2) is 47.8 Å². The third kappa shape index (κ3) is 3.41. The maximum absolute atomic E-state index is 5.99. The van der Waals surface area contributed by atoms with Gasteiger partial charge >= 0.3 is 6.01 Å². The topological polar surface area (TPSA) is 45.4 Å². The van der Waals surface area contributed by atoms with Crippen molar-refractivity contribution in [1.82, 2.24) is 15.0 Å². The smallest absolute Gasteiger partial charge is 0.322 e. The number of hydrogen-bond donors (Lipinski definition) is 0. The molecule has 1 fully saturated rings. The maximum Gasteiger partial charge on any atom is 0.324 e. The number of benzene rings is 1. The van der Waals surface area contributed by atoms with Gasteiger partial charge in [0.2, 0.25) is 5.82 Å². The zero-order chi connectivity index (χ0) is 15.4. The van der Waals surface area contributed by atoms with Gasteiger partial charge in [0.05, 0.1) is 0 Å². The minimum atomic E-state index is 0.562. The van der Waals surface area contributed by atoms with E-state index in [1.807, 2.05) is 24.3 Å². The summed E-state index contributed by atoms with van der Waals surface area (Å²) < 4.78 is 5.39. The van der Waals surface area contributed by atoms with Crippen molar-refractivity contribution in [2.24, 2.45) is 0 Å². The first-order valence-corrected chi connectivity index (χ1v) is 7.64. The van der Waals surface area contributed by atoms with E-state index >= 15 is 0 Å². The first kappa shape index (κ1) is 14.9. The van der Waals surface area contributed by atoms with E-state index in [4.69, 9.17) is 22.5 Å². The van der Waals surface area contributed by atoms with E-state index in [0.29, 0.717) is 16.9 Å². The van der Waals surface area contributed by atoms with Crippen LogP contribution in [-0.2, 0) is 0 Å². The Hall–Kier alpha value is -2.03. The molecule has 0 radical (unpaired) electrons. The summed E-state index contributed by atoms with van der Waals surface area (Å²) in [5.74, 6) is 3.24. The average molecular weight is 317 g/mol. The van der Waals surface area contributed by atoms with Crippen LogP contribution in [0.15, 0.2) is 28.8 Å². The molecular formula is C16H17ClN4O. The number of nitrogens with zero attached hydrogens (tertiary/aromatic N) is 4. The number of piperazine rings is 1. The quantitative estimate of drug-likeness (QED) is 0.811. The van der Waals surface area contributed by atoms with Gasteiger partial charge < -0.3 is 9.42 Å². The Morgan fingerprint density at radius 1 is 1.27 bits per heavy atom. The van der Waals surface area contributed by atoms with Crippen LogP contribution in [0.3, 0.4) is 0 Å². The molecule has 3 rings (SSSR count). The summed E-state index contributed by atoms with van der Waals surface area (Å²) in [6.45, 7) is 4.58. The maximum atomic E-state index is 5.99. The van der Waals surface area contributed by atoms with Gasteiger partial charge in [-0.05, 0) is 12.1 Å². The first-order valence-electron chi connectivity index (χ1n) is 7.26. The van der Waals surface area contributed by atoms with Gasteiger partial charge in [0.15, 0.2) is 0 Å². The van der Waals surface area contributed by atoms with Crippen molar-refractivity contribution >= 4 is 17.6 Å². The normalized spacial score (nSPS) is 15.7. The van der Waals surface area contributed by atoms with Crippen LogP contribution < -0.4 is 4.90 Å². The molecule has 1 saturated heterocycles. The van der Waals surface area contributed by atoms with Crippen molar-refractivity contribution in [1.29, 1.82) is 0 Å². The summed E-state index contributed by atoms with van der Waals surface area (Å²) in [5, 5.41) is 4.70. The van der Waals surface area contributed by atoms with Crippen LogP contribution in [0.1, 0.15) is 6.42 Å². The summed E-state index contributed by atoms with van der Waals surface area (Å²) in [5.41, 5.74) is 0.857. The Morgan fingerprint density at radius 3 is 2.82 bits per heavy atom. The highest BCUT2D eigenvalue weighted by Crippen LogP contribution is 2.23. The first-order chi connectivity index (χ1) is 10.8. The summed E-state index contributed by atoms with van der Waals surface area (Å²) in [6.07, 6.45) is 6.09. The molecule has 0 atom stereocenters. The van der Waals surface area contributed by atoms with Gasteiger partial charge in [-0.2, -0.15) is 4.98 Å². The Balaban J connectivity index is 1.64. The average Bonchev–Trinajstić information content (AvgIpc) is 3.03. The molecule has 0 bridgehead atoms. The molecule has 2 heterocycles. The van der Waals surface area contributed by atoms with E-state index in [1.165, 1.54) is 0 Å². The third-order valence-corrected chi connectivity index (χ3v) is 3.95. The molecule has 0 saturated carbocycles. The number of halogens is 1. The van der Waals surface area contributed by atoms with Gasteiger partial charge in [-0.1, -0.05) is 28.9 Å². The van der Waals surface area contributed by atoms with Crippen LogP contribution in [0, 0.1) is 12.3 Å². The van der Waals surface area contributed by atoms with Gasteiger partial charge in [-0.3, -0.25) is 4.90 Å². The second-order valence-electron chi connectivity index (χ2n) is 5.19. The molecule has 0 spiro atoms. The SMILES string of the molecule is C#CCCN1CCN(c2nc(-c3cccc(Cl)c3)no2)CC1. The number of rotatable bonds is 4. The minimum Gasteiger partial charge on any atom is -0.322 e. The number of aromatic nitrogens is 2. The van der Waals surface area contributed by atoms with Crippen molar-refractivity contribution in [2.75, 3.05) is 37.6 Å². The zero-order valence-corrected chi connectivity index (χ0v) is 13.0. The van der Waals surface area contributed by atoms with E-state index < -0.39 is 0 Å². The molecule has 1 aromatic carbocycles. The lowest BCUT2D eigenvalue weighted by molar-refractivity contribution is 0.255. The van der Waals surface area contributed by atoms with E-state index in [1.54, 1.807) is 0 Å². The van der Waals surface area contributed by atoms with Gasteiger partial charge in [0.25, 0.3) is 0 Å². The molecule has 1 aliphatic heterocycles. The highest BCUT2D eigenvalue weighted by molar-refractivity contribution is 6.30. The van der Waals surface area contributed by atoms with E-state index in [-0.39, 0.29) is 0 Å². The molecule has 5 nitrogen and oxygen atoms in total. The highest BCUT2D eigenvalue weighted by atomic mass is 35.5. The third-order valence-electron chi connectivity index (χ3n) is 3.71. The second-order valence-corrected chi connectivity index (χ2v) is 5.63. The standard InChI is InChI=1S/C16H17ClN4O/c1-2-3-7-20-8-10-21(11-9-20)16-18-15(19-22-16)13-5-4-6-14(17)12-13/h1,4-6,12H,3,7-11H2. The number of terminal acetylenes is 1. The van der Waals surface area contributed by atoms with Crippen LogP contribution in [0.2, 0.25) is 5.02 Å². The van der Waals surface area contributed by atoms with Gasteiger partial charge in [0, 0.05) is 49.7 Å². The van der Waals surface area contributed by atoms with Gasteiger partial charge in [-0.25, -0.2) is 0 Å². The summed E-state index contributed by atoms with van der Waals surface area (Å²) >= 11 is 5.99. The van der Waals surface area contributed by atoms with Gasteiger partial charge in [-0.15, -0.1) is 12.3 Å². The summed E-state index contributed by atoms with van der Waals surface area (Å²) in [4.78, 5) is 8.93. The van der Waals surface area contributed by atoms with Crippen LogP contribution in [0.5, 0.6) is 0 Å². The molecular weight excluding hydrogens is 300 g/mol. The van der Waals surface area contributed by atoms with Crippen molar-refractivity contribution in [3.63, 3.8) is 0 Å². The lowest BCUT2D eigenvalue weighted by Gasteiger charge is -2.33. The molecule has 6 heteroatoms. The molecule has 22 heavy (non-hydrogen) atoms. The fourth-order valence-corrected chi connectivity index (χ4v) is 2.66. The van der Waals surface area contributed by atoms with Crippen LogP contribution in [0.25, 0.3) is 11.4 Å². The summed E-state index contributed by atoms with van der Waals surface area (Å²) in [7, 11) is 0. The molecule has 0 aliphatic carbocycles. The lowest BCUT2D eigenvalue weighted by atomic mass is 10.2. The van der Waals surface area contributed by atoms with E-state index in [2.05, 4.69) is 25.9 Å². The molecule has 0 amide bonds. The van der Waals surface area contributed by atoms with Crippen LogP contribution in [0.4, 0.5) is 6.01 Å². The Bertz CT molecular complexity index is 671. The van der Waals surface area contributed by atoms with Crippen molar-refractivity contribution in [2.45, 2.75) is 6.42 Å². The zero-order valence-electron chi connectivity index (χ0n) is 12.2. The minimum absolute atomic E-state index is 0.562. The molecule has 1 aliphatic rings. The van der Waals surface area contributed by atoms with Crippen molar-refractivity contribution in [3.05, 3.63) is 29.3 Å².